The molecule has 0 aliphatic carbocycles. The second-order valence-corrected chi connectivity index (χ2v) is 6.21. The zero-order valence-corrected chi connectivity index (χ0v) is 14.2. The molecule has 1 aliphatic rings. The van der Waals surface area contributed by atoms with E-state index in [4.69, 9.17) is 4.99 Å². The molecule has 0 aromatic heterocycles. The summed E-state index contributed by atoms with van der Waals surface area (Å²) in [6.07, 6.45) is 3.75. The lowest BCUT2D eigenvalue weighted by Crippen LogP contribution is -2.40. The summed E-state index contributed by atoms with van der Waals surface area (Å²) in [6, 6.07) is 1.23. The molecule has 1 aliphatic heterocycles. The molecule has 1 saturated heterocycles. The normalized spacial score (nSPS) is 16.8. The Hall–Kier alpha value is -0.770. The summed E-state index contributed by atoms with van der Waals surface area (Å²) in [7, 11) is 0. The summed E-state index contributed by atoms with van der Waals surface area (Å²) < 4.78 is 0. The minimum Gasteiger partial charge on any atom is -0.357 e. The average Bonchev–Trinajstić information content (AvgIpc) is 2.90. The van der Waals surface area contributed by atoms with Gasteiger partial charge in [-0.2, -0.15) is 0 Å². The van der Waals surface area contributed by atoms with Crippen molar-refractivity contribution in [1.82, 2.24) is 15.1 Å². The molecule has 4 heteroatoms. The minimum atomic E-state index is 0.616. The van der Waals surface area contributed by atoms with E-state index in [1.807, 2.05) is 0 Å². The number of guanidine groups is 1. The predicted octanol–water partition coefficient (Wildman–Crippen LogP) is 2.56. The summed E-state index contributed by atoms with van der Waals surface area (Å²) in [6.45, 7) is 16.6. The fraction of sp³-hybridized carbons (Fsp3) is 0.938. The number of nitrogens with one attached hydrogen (secondary N) is 1. The lowest BCUT2D eigenvalue weighted by atomic mass is 10.2. The van der Waals surface area contributed by atoms with Gasteiger partial charge in [-0.05, 0) is 53.9 Å². The molecule has 0 unspecified atom stereocenters. The fourth-order valence-corrected chi connectivity index (χ4v) is 2.91. The number of rotatable bonds is 7. The van der Waals surface area contributed by atoms with E-state index in [1.54, 1.807) is 0 Å². The predicted molar refractivity (Wildman–Crippen MR) is 88.4 cm³/mol. The van der Waals surface area contributed by atoms with Gasteiger partial charge in [-0.25, -0.2) is 0 Å². The van der Waals surface area contributed by atoms with E-state index in [0.717, 1.165) is 45.1 Å². The van der Waals surface area contributed by atoms with E-state index in [0.29, 0.717) is 12.1 Å². The third-order valence-electron chi connectivity index (χ3n) is 3.90. The van der Waals surface area contributed by atoms with Crippen LogP contribution < -0.4 is 5.32 Å². The molecular weight excluding hydrogens is 248 g/mol. The first-order chi connectivity index (χ1) is 9.56. The summed E-state index contributed by atoms with van der Waals surface area (Å²) in [5, 5.41) is 3.42. The zero-order chi connectivity index (χ0) is 15.0. The van der Waals surface area contributed by atoms with Crippen LogP contribution in [0.5, 0.6) is 0 Å². The molecule has 0 aromatic carbocycles. The van der Waals surface area contributed by atoms with Crippen LogP contribution in [0.15, 0.2) is 4.99 Å². The quantitative estimate of drug-likeness (QED) is 0.442. The van der Waals surface area contributed by atoms with E-state index >= 15 is 0 Å². The Morgan fingerprint density at radius 2 is 1.75 bits per heavy atom. The van der Waals surface area contributed by atoms with Gasteiger partial charge in [0.15, 0.2) is 5.96 Å². The van der Waals surface area contributed by atoms with Gasteiger partial charge in [0, 0.05) is 44.8 Å². The number of likely N-dealkylation sites (tertiary alicyclic amines) is 1. The van der Waals surface area contributed by atoms with Gasteiger partial charge in [-0.1, -0.05) is 0 Å². The van der Waals surface area contributed by atoms with Crippen molar-refractivity contribution in [3.63, 3.8) is 0 Å². The van der Waals surface area contributed by atoms with Crippen molar-refractivity contribution in [2.75, 3.05) is 32.7 Å². The van der Waals surface area contributed by atoms with Crippen molar-refractivity contribution in [3.8, 4) is 0 Å². The van der Waals surface area contributed by atoms with E-state index < -0.39 is 0 Å². The molecule has 1 fully saturated rings. The first kappa shape index (κ1) is 17.3. The summed E-state index contributed by atoms with van der Waals surface area (Å²) >= 11 is 0. The van der Waals surface area contributed by atoms with Crippen molar-refractivity contribution < 1.29 is 0 Å². The zero-order valence-electron chi connectivity index (χ0n) is 14.2. The first-order valence-corrected chi connectivity index (χ1v) is 8.35. The van der Waals surface area contributed by atoms with Gasteiger partial charge in [0.25, 0.3) is 0 Å². The van der Waals surface area contributed by atoms with Crippen molar-refractivity contribution in [2.45, 2.75) is 66.0 Å². The maximum Gasteiger partial charge on any atom is 0.193 e. The molecular formula is C16H34N4. The highest BCUT2D eigenvalue weighted by Gasteiger charge is 2.15. The van der Waals surface area contributed by atoms with Crippen molar-refractivity contribution in [2.24, 2.45) is 4.99 Å². The van der Waals surface area contributed by atoms with Gasteiger partial charge >= 0.3 is 0 Å². The Morgan fingerprint density at radius 3 is 2.25 bits per heavy atom. The average molecular weight is 282 g/mol. The van der Waals surface area contributed by atoms with Crippen molar-refractivity contribution in [1.29, 1.82) is 0 Å². The summed E-state index contributed by atoms with van der Waals surface area (Å²) in [5.74, 6) is 1.12. The summed E-state index contributed by atoms with van der Waals surface area (Å²) in [4.78, 5) is 9.73. The van der Waals surface area contributed by atoms with Gasteiger partial charge in [-0.15, -0.1) is 0 Å². The molecule has 4 nitrogen and oxygen atoms in total. The Balaban J connectivity index is 2.39. The summed E-state index contributed by atoms with van der Waals surface area (Å²) in [5.41, 5.74) is 0. The molecule has 1 heterocycles. The molecule has 1 N–H and O–H groups in total. The second kappa shape index (κ2) is 9.22. The van der Waals surface area contributed by atoms with Crippen LogP contribution in [0, 0.1) is 0 Å². The monoisotopic (exact) mass is 282 g/mol. The number of hydrogen-bond acceptors (Lipinski definition) is 2. The van der Waals surface area contributed by atoms with Crippen LogP contribution in [-0.2, 0) is 0 Å². The van der Waals surface area contributed by atoms with E-state index in [2.05, 4.69) is 49.7 Å². The first-order valence-electron chi connectivity index (χ1n) is 8.35. The highest BCUT2D eigenvalue weighted by molar-refractivity contribution is 5.80. The topological polar surface area (TPSA) is 30.9 Å². The number of aliphatic imine (C=N–C) groups is 1. The molecule has 0 aromatic rings. The van der Waals surface area contributed by atoms with Gasteiger partial charge < -0.3 is 10.2 Å². The van der Waals surface area contributed by atoms with Crippen LogP contribution >= 0.6 is 0 Å². The lowest BCUT2D eigenvalue weighted by Gasteiger charge is -2.30. The molecule has 1 rings (SSSR count). The van der Waals surface area contributed by atoms with Gasteiger partial charge in [0.05, 0.1) is 0 Å². The van der Waals surface area contributed by atoms with E-state index in [9.17, 15) is 0 Å². The molecule has 0 saturated carbocycles. The van der Waals surface area contributed by atoms with Crippen LogP contribution in [0.25, 0.3) is 0 Å². The number of hydrogen-bond donors (Lipinski definition) is 1. The maximum absolute atomic E-state index is 4.79. The van der Waals surface area contributed by atoms with Crippen LogP contribution in [-0.4, -0.2) is 60.6 Å². The standard InChI is InChI=1S/C16H34N4/c1-6-17-16(19-11-7-8-12-19)18-10-9-13-20(14(2)3)15(4)5/h14-15H,6-13H2,1-5H3,(H,17,18). The van der Waals surface area contributed by atoms with Crippen LogP contribution in [0.2, 0.25) is 0 Å². The minimum absolute atomic E-state index is 0.616. The Bertz CT molecular complexity index is 272. The third-order valence-corrected chi connectivity index (χ3v) is 3.90. The van der Waals surface area contributed by atoms with E-state index in [1.165, 1.54) is 12.8 Å². The second-order valence-electron chi connectivity index (χ2n) is 6.21. The largest absolute Gasteiger partial charge is 0.357 e. The van der Waals surface area contributed by atoms with E-state index in [-0.39, 0.29) is 0 Å². The Kier molecular flexibility index (Phi) is 7.97. The SMILES string of the molecule is CCNC(=NCCCN(C(C)C)C(C)C)N1CCCC1. The molecule has 0 radical (unpaired) electrons. The molecule has 20 heavy (non-hydrogen) atoms. The molecule has 118 valence electrons. The maximum atomic E-state index is 4.79. The van der Waals surface area contributed by atoms with Gasteiger partial charge in [0.1, 0.15) is 0 Å². The molecule has 0 atom stereocenters. The van der Waals surface area contributed by atoms with Crippen LogP contribution in [0.4, 0.5) is 0 Å². The highest BCUT2D eigenvalue weighted by Crippen LogP contribution is 2.08. The molecule has 0 spiro atoms. The highest BCUT2D eigenvalue weighted by atomic mass is 15.3. The lowest BCUT2D eigenvalue weighted by molar-refractivity contribution is 0.174. The third kappa shape index (κ3) is 5.70. The van der Waals surface area contributed by atoms with Crippen LogP contribution in [0.1, 0.15) is 53.9 Å². The smallest absolute Gasteiger partial charge is 0.193 e. The number of nitrogens with zero attached hydrogens (tertiary/aromatic N) is 3. The Morgan fingerprint density at radius 1 is 1.15 bits per heavy atom. The molecule has 0 bridgehead atoms. The van der Waals surface area contributed by atoms with Crippen molar-refractivity contribution in [3.05, 3.63) is 0 Å². The Labute approximate surface area is 125 Å². The fourth-order valence-electron chi connectivity index (χ4n) is 2.91. The molecule has 0 amide bonds. The van der Waals surface area contributed by atoms with Crippen LogP contribution in [0.3, 0.4) is 0 Å². The van der Waals surface area contributed by atoms with Crippen molar-refractivity contribution >= 4 is 5.96 Å². The van der Waals surface area contributed by atoms with Gasteiger partial charge in [-0.3, -0.25) is 9.89 Å². The van der Waals surface area contributed by atoms with Gasteiger partial charge in [0.2, 0.25) is 0 Å².